The lowest BCUT2D eigenvalue weighted by molar-refractivity contribution is 0.0948. The van der Waals surface area contributed by atoms with Gasteiger partial charge < -0.3 is 14.2 Å². The van der Waals surface area contributed by atoms with Crippen LogP contribution in [0.15, 0.2) is 75.0 Å². The standard InChI is InChI=1S/C25H26N4O3S/c30-24(26-16-21-11-5-13-31-21)19-8-4-7-18(15-19)17-33-25-28-27-23(22-12-6-14-32-22)29(25)20-9-2-1-3-10-20/h4-8,11-15,20H,1-3,9-10,16-17H2,(H,26,30). The molecule has 170 valence electrons. The van der Waals surface area contributed by atoms with Crippen molar-refractivity contribution >= 4 is 17.7 Å². The Kier molecular flexibility index (Phi) is 6.62. The zero-order chi connectivity index (χ0) is 22.5. The van der Waals surface area contributed by atoms with Crippen LogP contribution in [-0.4, -0.2) is 20.7 Å². The van der Waals surface area contributed by atoms with Gasteiger partial charge in [-0.3, -0.25) is 9.36 Å². The predicted molar refractivity (Wildman–Crippen MR) is 126 cm³/mol. The number of furan rings is 2. The van der Waals surface area contributed by atoms with Crippen molar-refractivity contribution in [3.05, 3.63) is 77.9 Å². The molecule has 0 radical (unpaired) electrons. The number of carbonyl (C=O) groups excluding carboxylic acids is 1. The van der Waals surface area contributed by atoms with Gasteiger partial charge in [0, 0.05) is 17.4 Å². The average Bonchev–Trinajstić information content (AvgIpc) is 3.63. The third-order valence-corrected chi connectivity index (χ3v) is 6.92. The lowest BCUT2D eigenvalue weighted by Crippen LogP contribution is -2.22. The number of hydrogen-bond donors (Lipinski definition) is 1. The molecule has 1 aliphatic rings. The van der Waals surface area contributed by atoms with Gasteiger partial charge in [0.2, 0.25) is 5.82 Å². The number of thioether (sulfide) groups is 1. The average molecular weight is 463 g/mol. The minimum absolute atomic E-state index is 0.122. The van der Waals surface area contributed by atoms with Gasteiger partial charge in [0.25, 0.3) is 5.91 Å². The molecule has 3 aromatic heterocycles. The van der Waals surface area contributed by atoms with E-state index in [1.807, 2.05) is 48.5 Å². The molecule has 5 rings (SSSR count). The van der Waals surface area contributed by atoms with Crippen LogP contribution in [0.3, 0.4) is 0 Å². The number of nitrogens with one attached hydrogen (secondary N) is 1. The molecule has 0 saturated heterocycles. The maximum absolute atomic E-state index is 12.6. The topological polar surface area (TPSA) is 86.1 Å². The molecule has 0 aliphatic heterocycles. The normalized spacial score (nSPS) is 14.4. The third kappa shape index (κ3) is 5.06. The van der Waals surface area contributed by atoms with E-state index in [9.17, 15) is 4.79 Å². The monoisotopic (exact) mass is 462 g/mol. The van der Waals surface area contributed by atoms with Crippen molar-refractivity contribution in [1.82, 2.24) is 20.1 Å². The highest BCUT2D eigenvalue weighted by molar-refractivity contribution is 7.98. The Balaban J connectivity index is 1.30. The van der Waals surface area contributed by atoms with Gasteiger partial charge in [0.05, 0.1) is 19.1 Å². The molecule has 0 unspecified atom stereocenters. The number of nitrogens with zero attached hydrogens (tertiary/aromatic N) is 3. The van der Waals surface area contributed by atoms with Crippen LogP contribution in [0, 0.1) is 0 Å². The third-order valence-electron chi connectivity index (χ3n) is 5.91. The number of benzene rings is 1. The number of rotatable bonds is 8. The summed E-state index contributed by atoms with van der Waals surface area (Å²) in [6, 6.07) is 15.5. The second-order valence-corrected chi connectivity index (χ2v) is 9.14. The van der Waals surface area contributed by atoms with Gasteiger partial charge in [-0.05, 0) is 54.8 Å². The Bertz CT molecular complexity index is 1180. The molecule has 3 heterocycles. The van der Waals surface area contributed by atoms with Crippen LogP contribution in [0.1, 0.15) is 59.8 Å². The molecule has 1 fully saturated rings. The highest BCUT2D eigenvalue weighted by Gasteiger charge is 2.25. The molecule has 1 N–H and O–H groups in total. The molecule has 33 heavy (non-hydrogen) atoms. The van der Waals surface area contributed by atoms with Crippen LogP contribution in [-0.2, 0) is 12.3 Å². The van der Waals surface area contributed by atoms with Gasteiger partial charge in [-0.2, -0.15) is 0 Å². The lowest BCUT2D eigenvalue weighted by Gasteiger charge is -2.25. The maximum atomic E-state index is 12.6. The van der Waals surface area contributed by atoms with Crippen molar-refractivity contribution in [3.8, 4) is 11.6 Å². The maximum Gasteiger partial charge on any atom is 0.251 e. The molecule has 0 atom stereocenters. The van der Waals surface area contributed by atoms with Gasteiger partial charge in [0.15, 0.2) is 10.9 Å². The highest BCUT2D eigenvalue weighted by Crippen LogP contribution is 2.36. The summed E-state index contributed by atoms with van der Waals surface area (Å²) in [4.78, 5) is 12.6. The Morgan fingerprint density at radius 3 is 2.67 bits per heavy atom. The highest BCUT2D eigenvalue weighted by atomic mass is 32.2. The van der Waals surface area contributed by atoms with E-state index in [-0.39, 0.29) is 5.91 Å². The molecular weight excluding hydrogens is 436 g/mol. The van der Waals surface area contributed by atoms with Crippen molar-refractivity contribution in [3.63, 3.8) is 0 Å². The summed E-state index contributed by atoms with van der Waals surface area (Å²) in [5.74, 6) is 2.84. The molecule has 0 spiro atoms. The van der Waals surface area contributed by atoms with Crippen molar-refractivity contribution in [1.29, 1.82) is 0 Å². The van der Waals surface area contributed by atoms with Crippen LogP contribution >= 0.6 is 11.8 Å². The molecule has 8 heteroatoms. The summed E-state index contributed by atoms with van der Waals surface area (Å²) in [5, 5.41) is 12.8. The SMILES string of the molecule is O=C(NCc1ccco1)c1cccc(CSc2nnc(-c3ccco3)n2C2CCCCC2)c1. The molecule has 7 nitrogen and oxygen atoms in total. The van der Waals surface area contributed by atoms with E-state index in [0.717, 1.165) is 40.9 Å². The van der Waals surface area contributed by atoms with E-state index >= 15 is 0 Å². The molecule has 0 bridgehead atoms. The van der Waals surface area contributed by atoms with Crippen molar-refractivity contribution in [2.75, 3.05) is 0 Å². The minimum Gasteiger partial charge on any atom is -0.467 e. The molecule has 4 aromatic rings. The largest absolute Gasteiger partial charge is 0.467 e. The summed E-state index contributed by atoms with van der Waals surface area (Å²) < 4.78 is 13.2. The molecule has 1 aliphatic carbocycles. The summed E-state index contributed by atoms with van der Waals surface area (Å²) in [6.45, 7) is 0.366. The van der Waals surface area contributed by atoms with Crippen LogP contribution in [0.4, 0.5) is 0 Å². The number of amides is 1. The number of hydrogen-bond acceptors (Lipinski definition) is 6. The first kappa shape index (κ1) is 21.6. The predicted octanol–water partition coefficient (Wildman–Crippen LogP) is 5.86. The zero-order valence-corrected chi connectivity index (χ0v) is 19.1. The molecular formula is C25H26N4O3S. The summed E-state index contributed by atoms with van der Waals surface area (Å²) in [7, 11) is 0. The second-order valence-electron chi connectivity index (χ2n) is 8.20. The first-order chi connectivity index (χ1) is 16.3. The summed E-state index contributed by atoms with van der Waals surface area (Å²) in [6.07, 6.45) is 9.26. The first-order valence-corrected chi connectivity index (χ1v) is 12.3. The Hall–Kier alpha value is -3.26. The molecule has 1 amide bonds. The molecule has 1 saturated carbocycles. The van der Waals surface area contributed by atoms with E-state index in [4.69, 9.17) is 8.83 Å². The van der Waals surface area contributed by atoms with Crippen molar-refractivity contribution < 1.29 is 13.6 Å². The fraction of sp³-hybridized carbons (Fsp3) is 0.320. The number of carbonyl (C=O) groups is 1. The van der Waals surface area contributed by atoms with E-state index in [0.29, 0.717) is 23.9 Å². The smallest absolute Gasteiger partial charge is 0.251 e. The summed E-state index contributed by atoms with van der Waals surface area (Å²) in [5.41, 5.74) is 1.69. The van der Waals surface area contributed by atoms with Gasteiger partial charge in [-0.25, -0.2) is 0 Å². The Labute approximate surface area is 196 Å². The number of aromatic nitrogens is 3. The Morgan fingerprint density at radius 2 is 1.88 bits per heavy atom. The van der Waals surface area contributed by atoms with Gasteiger partial charge in [-0.1, -0.05) is 43.2 Å². The van der Waals surface area contributed by atoms with E-state index in [1.165, 1.54) is 19.3 Å². The quantitative estimate of drug-likeness (QED) is 0.330. The van der Waals surface area contributed by atoms with E-state index in [1.54, 1.807) is 24.3 Å². The van der Waals surface area contributed by atoms with Crippen LogP contribution in [0.25, 0.3) is 11.6 Å². The van der Waals surface area contributed by atoms with Crippen LogP contribution in [0.5, 0.6) is 0 Å². The van der Waals surface area contributed by atoms with Crippen molar-refractivity contribution in [2.24, 2.45) is 0 Å². The van der Waals surface area contributed by atoms with E-state index < -0.39 is 0 Å². The van der Waals surface area contributed by atoms with Crippen LogP contribution in [0.2, 0.25) is 0 Å². The van der Waals surface area contributed by atoms with Crippen molar-refractivity contribution in [2.45, 2.75) is 55.6 Å². The lowest BCUT2D eigenvalue weighted by atomic mass is 9.95. The summed E-state index contributed by atoms with van der Waals surface area (Å²) >= 11 is 1.64. The molecule has 1 aromatic carbocycles. The zero-order valence-electron chi connectivity index (χ0n) is 18.3. The van der Waals surface area contributed by atoms with Gasteiger partial charge >= 0.3 is 0 Å². The van der Waals surface area contributed by atoms with Gasteiger partial charge in [-0.15, -0.1) is 10.2 Å². The fourth-order valence-corrected chi connectivity index (χ4v) is 5.20. The fourth-order valence-electron chi connectivity index (χ4n) is 4.25. The second kappa shape index (κ2) is 10.1. The Morgan fingerprint density at radius 1 is 1.03 bits per heavy atom. The van der Waals surface area contributed by atoms with Gasteiger partial charge in [0.1, 0.15) is 5.76 Å². The minimum atomic E-state index is -0.122. The first-order valence-electron chi connectivity index (χ1n) is 11.3. The van der Waals surface area contributed by atoms with Crippen LogP contribution < -0.4 is 5.32 Å². The van der Waals surface area contributed by atoms with E-state index in [2.05, 4.69) is 20.1 Å².